The first kappa shape index (κ1) is 20.4. The molecule has 2 aromatic rings. The van der Waals surface area contributed by atoms with Gasteiger partial charge in [0.25, 0.3) is 5.91 Å². The van der Waals surface area contributed by atoms with E-state index >= 15 is 0 Å². The van der Waals surface area contributed by atoms with Crippen LogP contribution < -0.4 is 14.9 Å². The van der Waals surface area contributed by atoms with Gasteiger partial charge in [-0.25, -0.2) is 8.42 Å². The Morgan fingerprint density at radius 1 is 1.14 bits per heavy atom. The summed E-state index contributed by atoms with van der Waals surface area (Å²) in [5.41, 5.74) is 2.57. The molecule has 1 amide bonds. The SMILES string of the molecule is CS(=O)(=O)Nc1ccc(Cl)c(C(=O)NCc2ccc(N3CCOCC3)cc2)c1. The van der Waals surface area contributed by atoms with Crippen LogP contribution in [0, 0.1) is 0 Å². The number of amides is 1. The van der Waals surface area contributed by atoms with Crippen molar-refractivity contribution in [1.82, 2.24) is 5.32 Å². The number of carbonyl (C=O) groups is 1. The van der Waals surface area contributed by atoms with E-state index < -0.39 is 10.0 Å². The quantitative estimate of drug-likeness (QED) is 0.745. The topological polar surface area (TPSA) is 87.7 Å². The molecule has 3 rings (SSSR count). The van der Waals surface area contributed by atoms with Gasteiger partial charge < -0.3 is 15.0 Å². The van der Waals surface area contributed by atoms with Gasteiger partial charge in [-0.1, -0.05) is 23.7 Å². The van der Waals surface area contributed by atoms with Crippen LogP contribution in [0.5, 0.6) is 0 Å². The fourth-order valence-electron chi connectivity index (χ4n) is 2.90. The van der Waals surface area contributed by atoms with Gasteiger partial charge in [0.2, 0.25) is 10.0 Å². The first-order valence-corrected chi connectivity index (χ1v) is 11.1. The lowest BCUT2D eigenvalue weighted by Gasteiger charge is -2.28. The van der Waals surface area contributed by atoms with Crippen LogP contribution in [0.2, 0.25) is 5.02 Å². The van der Waals surface area contributed by atoms with E-state index in [-0.39, 0.29) is 22.2 Å². The highest BCUT2D eigenvalue weighted by Gasteiger charge is 2.14. The minimum atomic E-state index is -3.44. The van der Waals surface area contributed by atoms with Gasteiger partial charge >= 0.3 is 0 Å². The fraction of sp³-hybridized carbons (Fsp3) is 0.316. The summed E-state index contributed by atoms with van der Waals surface area (Å²) in [6, 6.07) is 12.4. The zero-order valence-corrected chi connectivity index (χ0v) is 17.0. The molecule has 150 valence electrons. The number of halogens is 1. The molecule has 1 aliphatic rings. The van der Waals surface area contributed by atoms with Crippen molar-refractivity contribution >= 4 is 38.9 Å². The van der Waals surface area contributed by atoms with Crippen molar-refractivity contribution in [3.63, 3.8) is 0 Å². The van der Waals surface area contributed by atoms with Crippen molar-refractivity contribution in [2.24, 2.45) is 0 Å². The van der Waals surface area contributed by atoms with E-state index in [9.17, 15) is 13.2 Å². The summed E-state index contributed by atoms with van der Waals surface area (Å²) in [6.07, 6.45) is 1.04. The maximum atomic E-state index is 12.5. The Morgan fingerprint density at radius 2 is 1.82 bits per heavy atom. The standard InChI is InChI=1S/C19H22ClN3O4S/c1-28(25,26)22-15-4-7-18(20)17(12-15)19(24)21-13-14-2-5-16(6-3-14)23-8-10-27-11-9-23/h2-7,12,22H,8-11,13H2,1H3,(H,21,24). The molecule has 0 unspecified atom stereocenters. The third-order valence-electron chi connectivity index (χ3n) is 4.28. The summed E-state index contributed by atoms with van der Waals surface area (Å²) < 4.78 is 30.4. The molecule has 1 fully saturated rings. The number of anilines is 2. The summed E-state index contributed by atoms with van der Waals surface area (Å²) in [7, 11) is -3.44. The molecular formula is C19H22ClN3O4S. The van der Waals surface area contributed by atoms with Gasteiger partial charge in [-0.15, -0.1) is 0 Å². The number of ether oxygens (including phenoxy) is 1. The fourth-order valence-corrected chi connectivity index (χ4v) is 3.66. The molecule has 1 saturated heterocycles. The Labute approximate surface area is 169 Å². The van der Waals surface area contributed by atoms with Crippen LogP contribution in [-0.2, 0) is 21.3 Å². The summed E-state index contributed by atoms with van der Waals surface area (Å²) in [6.45, 7) is 3.53. The van der Waals surface area contributed by atoms with Crippen molar-refractivity contribution in [2.75, 3.05) is 42.2 Å². The number of benzene rings is 2. The highest BCUT2D eigenvalue weighted by molar-refractivity contribution is 7.92. The third kappa shape index (κ3) is 5.60. The Kier molecular flexibility index (Phi) is 6.43. The van der Waals surface area contributed by atoms with Gasteiger partial charge in [-0.3, -0.25) is 9.52 Å². The van der Waals surface area contributed by atoms with Crippen LogP contribution in [0.25, 0.3) is 0 Å². The summed E-state index contributed by atoms with van der Waals surface area (Å²) in [5, 5.41) is 3.06. The Bertz CT molecular complexity index is 942. The van der Waals surface area contributed by atoms with E-state index in [1.807, 2.05) is 24.3 Å². The molecule has 2 aromatic carbocycles. The number of sulfonamides is 1. The summed E-state index contributed by atoms with van der Waals surface area (Å²) in [4.78, 5) is 14.7. The van der Waals surface area contributed by atoms with E-state index in [0.29, 0.717) is 6.54 Å². The molecule has 0 aliphatic carbocycles. The van der Waals surface area contributed by atoms with Crippen LogP contribution >= 0.6 is 11.6 Å². The number of carbonyl (C=O) groups excluding carboxylic acids is 1. The third-order valence-corrected chi connectivity index (χ3v) is 5.22. The molecule has 0 saturated carbocycles. The van der Waals surface area contributed by atoms with Crippen LogP contribution in [0.15, 0.2) is 42.5 Å². The molecule has 1 heterocycles. The van der Waals surface area contributed by atoms with E-state index in [4.69, 9.17) is 16.3 Å². The number of hydrogen-bond donors (Lipinski definition) is 2. The van der Waals surface area contributed by atoms with Crippen LogP contribution in [0.4, 0.5) is 11.4 Å². The molecule has 0 spiro atoms. The number of rotatable bonds is 6. The molecule has 0 aromatic heterocycles. The first-order valence-electron chi connectivity index (χ1n) is 8.79. The molecule has 0 bridgehead atoms. The van der Waals surface area contributed by atoms with E-state index in [1.165, 1.54) is 18.2 Å². The van der Waals surface area contributed by atoms with Crippen molar-refractivity contribution in [1.29, 1.82) is 0 Å². The van der Waals surface area contributed by atoms with Gasteiger partial charge in [0.15, 0.2) is 0 Å². The highest BCUT2D eigenvalue weighted by Crippen LogP contribution is 2.22. The Hall–Kier alpha value is -2.29. The van der Waals surface area contributed by atoms with Crippen LogP contribution in [0.1, 0.15) is 15.9 Å². The molecule has 1 aliphatic heterocycles. The predicted molar refractivity (Wildman–Crippen MR) is 111 cm³/mol. The van der Waals surface area contributed by atoms with Crippen LogP contribution in [-0.4, -0.2) is 46.9 Å². The smallest absolute Gasteiger partial charge is 0.253 e. The first-order chi connectivity index (χ1) is 13.3. The monoisotopic (exact) mass is 423 g/mol. The van der Waals surface area contributed by atoms with Crippen molar-refractivity contribution in [2.45, 2.75) is 6.54 Å². The van der Waals surface area contributed by atoms with Gasteiger partial charge in [0, 0.05) is 31.0 Å². The highest BCUT2D eigenvalue weighted by atomic mass is 35.5. The van der Waals surface area contributed by atoms with E-state index in [1.54, 1.807) is 0 Å². The molecule has 0 atom stereocenters. The van der Waals surface area contributed by atoms with Crippen molar-refractivity contribution in [3.8, 4) is 0 Å². The zero-order chi connectivity index (χ0) is 20.1. The average molecular weight is 424 g/mol. The molecule has 2 N–H and O–H groups in total. The number of morpholine rings is 1. The summed E-state index contributed by atoms with van der Waals surface area (Å²) in [5.74, 6) is -0.376. The average Bonchev–Trinajstić information content (AvgIpc) is 2.67. The zero-order valence-electron chi connectivity index (χ0n) is 15.4. The minimum absolute atomic E-state index is 0.209. The van der Waals surface area contributed by atoms with Gasteiger partial charge in [0.05, 0.1) is 30.1 Å². The Balaban J connectivity index is 1.63. The number of nitrogens with zero attached hydrogens (tertiary/aromatic N) is 1. The maximum absolute atomic E-state index is 12.5. The normalized spacial score (nSPS) is 14.6. The van der Waals surface area contributed by atoms with Gasteiger partial charge in [0.1, 0.15) is 0 Å². The van der Waals surface area contributed by atoms with Crippen molar-refractivity contribution in [3.05, 3.63) is 58.6 Å². The molecule has 7 nitrogen and oxygen atoms in total. The largest absolute Gasteiger partial charge is 0.378 e. The lowest BCUT2D eigenvalue weighted by Crippen LogP contribution is -2.36. The number of nitrogens with one attached hydrogen (secondary N) is 2. The minimum Gasteiger partial charge on any atom is -0.378 e. The number of hydrogen-bond acceptors (Lipinski definition) is 5. The lowest BCUT2D eigenvalue weighted by molar-refractivity contribution is 0.0951. The van der Waals surface area contributed by atoms with Gasteiger partial charge in [-0.2, -0.15) is 0 Å². The Morgan fingerprint density at radius 3 is 2.46 bits per heavy atom. The molecule has 28 heavy (non-hydrogen) atoms. The van der Waals surface area contributed by atoms with Crippen molar-refractivity contribution < 1.29 is 17.9 Å². The molecular weight excluding hydrogens is 402 g/mol. The van der Waals surface area contributed by atoms with Crippen LogP contribution in [0.3, 0.4) is 0 Å². The predicted octanol–water partition coefficient (Wildman–Crippen LogP) is 2.48. The van der Waals surface area contributed by atoms with Gasteiger partial charge in [-0.05, 0) is 35.9 Å². The molecule has 0 radical (unpaired) electrons. The van der Waals surface area contributed by atoms with E-state index in [0.717, 1.165) is 43.8 Å². The maximum Gasteiger partial charge on any atom is 0.253 e. The van der Waals surface area contributed by atoms with E-state index in [2.05, 4.69) is 14.9 Å². The molecule has 9 heteroatoms. The second-order valence-electron chi connectivity index (χ2n) is 6.52. The second kappa shape index (κ2) is 8.81. The summed E-state index contributed by atoms with van der Waals surface area (Å²) >= 11 is 6.10. The second-order valence-corrected chi connectivity index (χ2v) is 8.67. The lowest BCUT2D eigenvalue weighted by atomic mass is 10.1.